The Balaban J connectivity index is 1.89. The van der Waals surface area contributed by atoms with Crippen LogP contribution in [0.3, 0.4) is 0 Å². The molecule has 1 radical (unpaired) electrons. The molecule has 29 heavy (non-hydrogen) atoms. The highest BCUT2D eigenvalue weighted by Gasteiger charge is 2.48. The average Bonchev–Trinajstić information content (AvgIpc) is 3.09. The van der Waals surface area contributed by atoms with Crippen LogP contribution in [0.25, 0.3) is 0 Å². The number of benzene rings is 1. The lowest BCUT2D eigenvalue weighted by Gasteiger charge is -2.32. The molecule has 1 unspecified atom stereocenters. The van der Waals surface area contributed by atoms with Gasteiger partial charge in [-0.15, -0.1) is 0 Å². The summed E-state index contributed by atoms with van der Waals surface area (Å²) in [6, 6.07) is 4.45. The van der Waals surface area contributed by atoms with Gasteiger partial charge >= 0.3 is 12.3 Å². The molecule has 1 aromatic rings. The van der Waals surface area contributed by atoms with Gasteiger partial charge in [-0.25, -0.2) is 0 Å². The molecule has 155 valence electrons. The van der Waals surface area contributed by atoms with Crippen molar-refractivity contribution in [2.75, 3.05) is 24.5 Å². The van der Waals surface area contributed by atoms with Crippen LogP contribution in [-0.4, -0.2) is 36.2 Å². The van der Waals surface area contributed by atoms with E-state index >= 15 is 0 Å². The van der Waals surface area contributed by atoms with Crippen LogP contribution < -0.4 is 10.2 Å². The largest absolute Gasteiger partial charge is 0.416 e. The van der Waals surface area contributed by atoms with Crippen molar-refractivity contribution in [3.8, 4) is 0 Å². The SMILES string of the molecule is C=CC(=O)NCC1CN(c2ccc(C(F)(F)F)cc2)[C]2C=C(C(C)(F)F)N=[N+]2C1. The lowest BCUT2D eigenvalue weighted by atomic mass is 10.0. The molecule has 1 fully saturated rings. The maximum atomic E-state index is 13.8. The molecule has 1 saturated heterocycles. The van der Waals surface area contributed by atoms with Crippen molar-refractivity contribution in [1.29, 1.82) is 0 Å². The van der Waals surface area contributed by atoms with Crippen molar-refractivity contribution in [2.24, 2.45) is 11.0 Å². The molecular weight excluding hydrogens is 395 g/mol. The molecule has 0 aliphatic carbocycles. The second-order valence-corrected chi connectivity index (χ2v) is 6.93. The summed E-state index contributed by atoms with van der Waals surface area (Å²) in [4.78, 5) is 13.1. The van der Waals surface area contributed by atoms with Gasteiger partial charge in [0.2, 0.25) is 5.91 Å². The number of rotatable bonds is 5. The molecule has 2 heterocycles. The number of azo groups is 2. The zero-order valence-electron chi connectivity index (χ0n) is 15.5. The molecular formula is C19H19F5N4O+. The van der Waals surface area contributed by atoms with Crippen LogP contribution in [0.1, 0.15) is 12.5 Å². The van der Waals surface area contributed by atoms with Crippen LogP contribution >= 0.6 is 0 Å². The zero-order chi connectivity index (χ0) is 21.4. The van der Waals surface area contributed by atoms with Gasteiger partial charge in [-0.3, -0.25) is 9.69 Å². The molecule has 0 aromatic heterocycles. The first-order chi connectivity index (χ1) is 13.5. The van der Waals surface area contributed by atoms with E-state index in [0.717, 1.165) is 25.1 Å². The lowest BCUT2D eigenvalue weighted by molar-refractivity contribution is -0.580. The van der Waals surface area contributed by atoms with Gasteiger partial charge in [0, 0.05) is 25.7 Å². The highest BCUT2D eigenvalue weighted by Crippen LogP contribution is 2.38. The van der Waals surface area contributed by atoms with Gasteiger partial charge in [-0.05, 0) is 35.5 Å². The van der Waals surface area contributed by atoms with Crippen molar-refractivity contribution in [1.82, 2.24) is 5.32 Å². The topological polar surface area (TPSA) is 47.7 Å². The predicted molar refractivity (Wildman–Crippen MR) is 95.0 cm³/mol. The number of fused-ring (bicyclic) bond motifs is 1. The van der Waals surface area contributed by atoms with Gasteiger partial charge in [0.05, 0.1) is 17.6 Å². The molecule has 2 aliphatic heterocycles. The number of halogens is 5. The minimum Gasteiger partial charge on any atom is -0.352 e. The Kier molecular flexibility index (Phi) is 5.46. The highest BCUT2D eigenvalue weighted by atomic mass is 19.4. The van der Waals surface area contributed by atoms with Crippen LogP contribution in [0.4, 0.5) is 27.6 Å². The van der Waals surface area contributed by atoms with Crippen molar-refractivity contribution in [2.45, 2.75) is 19.0 Å². The molecule has 1 atom stereocenters. The lowest BCUT2D eigenvalue weighted by Crippen LogP contribution is -2.49. The van der Waals surface area contributed by atoms with Gasteiger partial charge in [-0.2, -0.15) is 22.0 Å². The Hall–Kier alpha value is -2.78. The Morgan fingerprint density at radius 1 is 1.31 bits per heavy atom. The maximum Gasteiger partial charge on any atom is 0.416 e. The number of alkyl halides is 5. The first kappa shape index (κ1) is 20.9. The van der Waals surface area contributed by atoms with Crippen molar-refractivity contribution in [3.05, 3.63) is 60.4 Å². The minimum atomic E-state index is -4.48. The van der Waals surface area contributed by atoms with E-state index in [2.05, 4.69) is 17.0 Å². The summed E-state index contributed by atoms with van der Waals surface area (Å²) in [6.45, 7) is 4.92. The van der Waals surface area contributed by atoms with Crippen LogP contribution in [0.5, 0.6) is 0 Å². The van der Waals surface area contributed by atoms with Crippen molar-refractivity contribution >= 4 is 11.6 Å². The number of carbonyl (C=O) groups excluding carboxylic acids is 1. The maximum absolute atomic E-state index is 13.8. The summed E-state index contributed by atoms with van der Waals surface area (Å²) in [5, 5.41) is 6.61. The van der Waals surface area contributed by atoms with Crippen LogP contribution in [-0.2, 0) is 11.0 Å². The van der Waals surface area contributed by atoms with Gasteiger partial charge in [0.25, 0.3) is 5.92 Å². The zero-order valence-corrected chi connectivity index (χ0v) is 15.5. The van der Waals surface area contributed by atoms with E-state index in [4.69, 9.17) is 0 Å². The van der Waals surface area contributed by atoms with E-state index in [-0.39, 0.29) is 24.9 Å². The Morgan fingerprint density at radius 2 is 1.97 bits per heavy atom. The molecule has 1 aromatic carbocycles. The summed E-state index contributed by atoms with van der Waals surface area (Å²) in [5.41, 5.74) is -0.826. The fourth-order valence-corrected chi connectivity index (χ4v) is 3.14. The molecule has 10 heteroatoms. The third-order valence-corrected chi connectivity index (χ3v) is 4.61. The second kappa shape index (κ2) is 7.57. The predicted octanol–water partition coefficient (Wildman–Crippen LogP) is 3.95. The number of hydrogen-bond acceptors (Lipinski definition) is 3. The number of amides is 1. The van der Waals surface area contributed by atoms with E-state index in [1.54, 1.807) is 4.90 Å². The average molecular weight is 414 g/mol. The normalized spacial score (nSPS) is 20.1. The standard InChI is InChI=1S/C19H19F5N4O/c1-3-16(29)25-9-12-10-27(14-6-4-13(5-7-14)19(22,23)24)17-8-15(18(2,20)21)26-28(17)11-12/h3-8,12H,1,9-11H2,2H3,(H,25,29)/q+1. The van der Waals surface area contributed by atoms with Gasteiger partial charge in [0.15, 0.2) is 12.2 Å². The molecule has 2 aliphatic rings. The molecule has 5 nitrogen and oxygen atoms in total. The van der Waals surface area contributed by atoms with E-state index in [1.165, 1.54) is 22.9 Å². The fraction of sp³-hybridized carbons (Fsp3) is 0.368. The Morgan fingerprint density at radius 3 is 2.52 bits per heavy atom. The minimum absolute atomic E-state index is 0.202. The Bertz CT molecular complexity index is 855. The van der Waals surface area contributed by atoms with Crippen molar-refractivity contribution < 1.29 is 31.4 Å². The van der Waals surface area contributed by atoms with Crippen LogP contribution in [0.15, 0.2) is 53.8 Å². The number of anilines is 1. The van der Waals surface area contributed by atoms with Crippen LogP contribution in [0.2, 0.25) is 0 Å². The smallest absolute Gasteiger partial charge is 0.352 e. The van der Waals surface area contributed by atoms with Crippen molar-refractivity contribution in [3.63, 3.8) is 0 Å². The summed E-state index contributed by atoms with van der Waals surface area (Å²) >= 11 is 0. The number of carbonyl (C=O) groups is 1. The van der Waals surface area contributed by atoms with Crippen LogP contribution in [0, 0.1) is 12.1 Å². The number of nitrogens with zero attached hydrogens (tertiary/aromatic N) is 3. The first-order valence-corrected chi connectivity index (χ1v) is 8.80. The molecule has 1 N–H and O–H groups in total. The number of allylic oxidation sites excluding steroid dienone is 1. The second-order valence-electron chi connectivity index (χ2n) is 6.93. The molecule has 1 amide bonds. The molecule has 0 saturated carbocycles. The third-order valence-electron chi connectivity index (χ3n) is 4.61. The van der Waals surface area contributed by atoms with E-state index in [0.29, 0.717) is 18.4 Å². The fourth-order valence-electron chi connectivity index (χ4n) is 3.14. The molecule has 3 rings (SSSR count). The monoisotopic (exact) mass is 414 g/mol. The van der Waals surface area contributed by atoms with E-state index in [1.807, 2.05) is 0 Å². The first-order valence-electron chi connectivity index (χ1n) is 8.80. The molecule has 0 bridgehead atoms. The van der Waals surface area contributed by atoms with Gasteiger partial charge in [-0.1, -0.05) is 11.3 Å². The molecule has 0 spiro atoms. The van der Waals surface area contributed by atoms with Gasteiger partial charge < -0.3 is 5.32 Å². The summed E-state index contributed by atoms with van der Waals surface area (Å²) in [6.07, 6.45) is -1.77. The number of nitrogens with one attached hydrogen (secondary N) is 1. The third kappa shape index (κ3) is 4.63. The quantitative estimate of drug-likeness (QED) is 0.451. The number of hydrogen-bond donors (Lipinski definition) is 1. The van der Waals surface area contributed by atoms with Gasteiger partial charge in [0.1, 0.15) is 0 Å². The summed E-state index contributed by atoms with van der Waals surface area (Å²) in [5.74, 6) is -3.74. The van der Waals surface area contributed by atoms with E-state index in [9.17, 15) is 26.7 Å². The Labute approximate surface area is 164 Å². The van der Waals surface area contributed by atoms with E-state index < -0.39 is 23.4 Å². The highest BCUT2D eigenvalue weighted by molar-refractivity contribution is 5.86. The summed E-state index contributed by atoms with van der Waals surface area (Å²) < 4.78 is 67.5. The summed E-state index contributed by atoms with van der Waals surface area (Å²) in [7, 11) is 0.